The molecule has 2 aromatic rings. The van der Waals surface area contributed by atoms with Crippen LogP contribution >= 0.6 is 0 Å². The predicted octanol–water partition coefficient (Wildman–Crippen LogP) is 4.16. The van der Waals surface area contributed by atoms with Gasteiger partial charge < -0.3 is 0 Å². The molecular weight excluding hydrogens is 346 g/mol. The molecule has 2 aromatic carbocycles. The number of nitro groups is 1. The number of benzene rings is 2. The minimum Gasteiger partial charge on any atom is -0.299 e. The molecule has 1 heterocycles. The van der Waals surface area contributed by atoms with E-state index >= 15 is 0 Å². The zero-order valence-electron chi connectivity index (χ0n) is 15.4. The Morgan fingerprint density at radius 2 is 1.89 bits per heavy atom. The molecular formula is C19H21N5O3. The summed E-state index contributed by atoms with van der Waals surface area (Å²) in [6.07, 6.45) is 0.125. The van der Waals surface area contributed by atoms with Gasteiger partial charge in [0.1, 0.15) is 0 Å². The van der Waals surface area contributed by atoms with Crippen LogP contribution in [-0.2, 0) is 11.3 Å². The lowest BCUT2D eigenvalue weighted by atomic mass is 10.0. The molecule has 0 amide bonds. The van der Waals surface area contributed by atoms with Crippen LogP contribution in [0.3, 0.4) is 0 Å². The molecule has 1 atom stereocenters. The summed E-state index contributed by atoms with van der Waals surface area (Å²) >= 11 is 0. The van der Waals surface area contributed by atoms with Crippen molar-refractivity contribution in [2.24, 2.45) is 10.4 Å². The Kier molecular flexibility index (Phi) is 5.16. The highest BCUT2D eigenvalue weighted by Crippen LogP contribution is 2.28. The number of nitro benzene ring substituents is 1. The Hall–Kier alpha value is -3.29. The number of aldehydes is 1. The number of hydrogen-bond donors (Lipinski definition) is 0. The number of carbonyl (C=O) groups excluding carboxylic acids is 1. The first-order chi connectivity index (χ1) is 12.9. The van der Waals surface area contributed by atoms with Gasteiger partial charge in [-0.3, -0.25) is 14.9 Å². The number of hydrogen-bond acceptors (Lipinski definition) is 7. The van der Waals surface area contributed by atoms with E-state index in [4.69, 9.17) is 0 Å². The number of rotatable bonds is 6. The van der Waals surface area contributed by atoms with Crippen molar-refractivity contribution in [3.8, 4) is 0 Å². The van der Waals surface area contributed by atoms with Crippen molar-refractivity contribution in [3.05, 3.63) is 69.3 Å². The van der Waals surface area contributed by atoms with E-state index in [9.17, 15) is 14.9 Å². The van der Waals surface area contributed by atoms with Gasteiger partial charge in [-0.05, 0) is 47.4 Å². The number of anilines is 1. The molecule has 8 heteroatoms. The number of nitrogens with zero attached hydrogens (tertiary/aromatic N) is 5. The lowest BCUT2D eigenvalue weighted by molar-refractivity contribution is -0.385. The molecule has 3 rings (SSSR count). The Morgan fingerprint density at radius 1 is 1.19 bits per heavy atom. The second-order valence-electron chi connectivity index (χ2n) is 6.79. The Morgan fingerprint density at radius 3 is 2.44 bits per heavy atom. The molecule has 0 spiro atoms. The van der Waals surface area contributed by atoms with Crippen LogP contribution < -0.4 is 5.01 Å². The number of aryl methyl sites for hydroxylation is 1. The van der Waals surface area contributed by atoms with Gasteiger partial charge in [0.05, 0.1) is 17.2 Å². The molecule has 1 aliphatic rings. The van der Waals surface area contributed by atoms with E-state index in [-0.39, 0.29) is 5.69 Å². The second-order valence-corrected chi connectivity index (χ2v) is 6.79. The summed E-state index contributed by atoms with van der Waals surface area (Å²) in [6, 6.07) is 12.7. The highest BCUT2D eigenvalue weighted by Gasteiger charge is 2.31. The summed E-state index contributed by atoms with van der Waals surface area (Å²) in [4.78, 5) is 22.2. The first-order valence-corrected chi connectivity index (χ1v) is 8.67. The van der Waals surface area contributed by atoms with Gasteiger partial charge in [-0.25, -0.2) is 10.0 Å². The Balaban J connectivity index is 1.77. The van der Waals surface area contributed by atoms with Crippen LogP contribution in [-0.4, -0.2) is 22.4 Å². The van der Waals surface area contributed by atoms with Gasteiger partial charge in [0.2, 0.25) is 0 Å². The van der Waals surface area contributed by atoms with E-state index < -0.39 is 11.1 Å². The van der Waals surface area contributed by atoms with Crippen molar-refractivity contribution in [1.29, 1.82) is 0 Å². The molecule has 0 saturated heterocycles. The number of carbonyl (C=O) groups is 1. The summed E-state index contributed by atoms with van der Waals surface area (Å²) in [6.45, 7) is 6.25. The van der Waals surface area contributed by atoms with Crippen LogP contribution in [0.1, 0.15) is 36.5 Å². The van der Waals surface area contributed by atoms with Gasteiger partial charge in [-0.15, -0.1) is 0 Å². The largest absolute Gasteiger partial charge is 0.299 e. The highest BCUT2D eigenvalue weighted by molar-refractivity contribution is 5.65. The van der Waals surface area contributed by atoms with Crippen molar-refractivity contribution in [1.82, 2.24) is 5.01 Å². The maximum Gasteiger partial charge on any atom is 0.272 e. The molecule has 0 fully saturated rings. The SMILES string of the molecule is Cc1cc(CN2N=NN(c3ccc(C(C)C)cc3)C2C=O)ccc1[N+](=O)[O-]. The van der Waals surface area contributed by atoms with Crippen molar-refractivity contribution >= 4 is 17.7 Å². The van der Waals surface area contributed by atoms with Crippen molar-refractivity contribution < 1.29 is 9.72 Å². The quantitative estimate of drug-likeness (QED) is 0.434. The van der Waals surface area contributed by atoms with Gasteiger partial charge in [-0.2, -0.15) is 0 Å². The molecule has 0 saturated carbocycles. The first-order valence-electron chi connectivity index (χ1n) is 8.67. The zero-order valence-corrected chi connectivity index (χ0v) is 15.4. The van der Waals surface area contributed by atoms with Gasteiger partial charge in [0.15, 0.2) is 12.5 Å². The summed E-state index contributed by atoms with van der Waals surface area (Å²) < 4.78 is 0. The lowest BCUT2D eigenvalue weighted by Crippen LogP contribution is -2.39. The molecule has 8 nitrogen and oxygen atoms in total. The van der Waals surface area contributed by atoms with Gasteiger partial charge in [0.25, 0.3) is 5.69 Å². The fourth-order valence-electron chi connectivity index (χ4n) is 3.00. The van der Waals surface area contributed by atoms with E-state index in [1.807, 2.05) is 24.3 Å². The van der Waals surface area contributed by atoms with Crippen molar-refractivity contribution in [2.45, 2.75) is 39.4 Å². The normalized spacial score (nSPS) is 16.2. The van der Waals surface area contributed by atoms with E-state index in [0.717, 1.165) is 17.5 Å². The standard InChI is InChI=1S/C19H21N5O3/c1-13(2)16-5-7-17(8-6-16)23-19(12-25)22(20-21-23)11-15-4-9-18(24(26)27)14(3)10-15/h4-10,12-13,19H,11H2,1-3H3. The molecule has 0 bridgehead atoms. The summed E-state index contributed by atoms with van der Waals surface area (Å²) in [7, 11) is 0. The van der Waals surface area contributed by atoms with Gasteiger partial charge in [-0.1, -0.05) is 37.3 Å². The third kappa shape index (κ3) is 3.79. The Labute approximate surface area is 157 Å². The molecule has 0 radical (unpaired) electrons. The van der Waals surface area contributed by atoms with E-state index in [2.05, 4.69) is 24.3 Å². The van der Waals surface area contributed by atoms with Crippen LogP contribution in [0.4, 0.5) is 11.4 Å². The van der Waals surface area contributed by atoms with Crippen molar-refractivity contribution in [3.63, 3.8) is 0 Å². The average molecular weight is 367 g/mol. The summed E-state index contributed by atoms with van der Waals surface area (Å²) in [5, 5.41) is 22.3. The minimum absolute atomic E-state index is 0.0700. The van der Waals surface area contributed by atoms with E-state index in [1.165, 1.54) is 11.6 Å². The predicted molar refractivity (Wildman–Crippen MR) is 101 cm³/mol. The molecule has 140 valence electrons. The molecule has 0 aliphatic carbocycles. The monoisotopic (exact) mass is 367 g/mol. The van der Waals surface area contributed by atoms with Crippen molar-refractivity contribution in [2.75, 3.05) is 5.01 Å². The third-order valence-electron chi connectivity index (χ3n) is 4.56. The maximum atomic E-state index is 11.7. The second kappa shape index (κ2) is 7.53. The van der Waals surface area contributed by atoms with Crippen LogP contribution in [0.15, 0.2) is 52.9 Å². The van der Waals surface area contributed by atoms with Crippen LogP contribution in [0.2, 0.25) is 0 Å². The molecule has 1 aliphatic heterocycles. The van der Waals surface area contributed by atoms with Gasteiger partial charge in [0, 0.05) is 11.6 Å². The maximum absolute atomic E-state index is 11.7. The van der Waals surface area contributed by atoms with Gasteiger partial charge >= 0.3 is 0 Å². The highest BCUT2D eigenvalue weighted by atomic mass is 16.6. The van der Waals surface area contributed by atoms with E-state index in [1.54, 1.807) is 29.1 Å². The topological polar surface area (TPSA) is 91.4 Å². The smallest absolute Gasteiger partial charge is 0.272 e. The minimum atomic E-state index is -0.662. The van der Waals surface area contributed by atoms with Crippen LogP contribution in [0, 0.1) is 17.0 Å². The fourth-order valence-corrected chi connectivity index (χ4v) is 3.00. The zero-order chi connectivity index (χ0) is 19.6. The average Bonchev–Trinajstić information content (AvgIpc) is 3.04. The fraction of sp³-hybridized carbons (Fsp3) is 0.316. The third-order valence-corrected chi connectivity index (χ3v) is 4.56. The molecule has 27 heavy (non-hydrogen) atoms. The molecule has 0 N–H and O–H groups in total. The summed E-state index contributed by atoms with van der Waals surface area (Å²) in [5.74, 6) is 0.419. The summed E-state index contributed by atoms with van der Waals surface area (Å²) in [5.41, 5.74) is 3.44. The first kappa shape index (κ1) is 18.5. The Bertz CT molecular complexity index is 879. The molecule has 0 aromatic heterocycles. The van der Waals surface area contributed by atoms with E-state index in [0.29, 0.717) is 18.0 Å². The lowest BCUT2D eigenvalue weighted by Gasteiger charge is -2.24. The van der Waals surface area contributed by atoms with Crippen LogP contribution in [0.25, 0.3) is 0 Å². The molecule has 1 unspecified atom stereocenters. The van der Waals surface area contributed by atoms with Crippen LogP contribution in [0.5, 0.6) is 0 Å².